The zero-order valence-electron chi connectivity index (χ0n) is 15.6. The number of aromatic amines is 1. The number of ketones is 1. The summed E-state index contributed by atoms with van der Waals surface area (Å²) in [5, 5.41) is 9.63. The van der Waals surface area contributed by atoms with Crippen LogP contribution in [0.15, 0.2) is 73.1 Å². The molecule has 5 rings (SSSR count). The quantitative estimate of drug-likeness (QED) is 0.511. The molecule has 0 spiro atoms. The average Bonchev–Trinajstić information content (AvgIpc) is 3.31. The molecule has 2 atom stereocenters. The van der Waals surface area contributed by atoms with Crippen LogP contribution in [0.2, 0.25) is 0 Å². The molecule has 1 aliphatic rings. The number of benzene rings is 3. The number of halogens is 1. The van der Waals surface area contributed by atoms with E-state index in [4.69, 9.17) is 0 Å². The molecule has 148 valence electrons. The number of phenolic OH excluding ortho intramolecular Hbond substituents is 1. The summed E-state index contributed by atoms with van der Waals surface area (Å²) in [5.41, 5.74) is 3.05. The molecule has 0 bridgehead atoms. The number of fused-ring (bicyclic) bond motifs is 1. The van der Waals surface area contributed by atoms with E-state index in [2.05, 4.69) is 9.97 Å². The lowest BCUT2D eigenvalue weighted by atomic mass is 9.86. The molecule has 2 unspecified atom stereocenters. The zero-order valence-corrected chi connectivity index (χ0v) is 15.6. The Morgan fingerprint density at radius 1 is 0.967 bits per heavy atom. The first kappa shape index (κ1) is 18.1. The fourth-order valence-corrected chi connectivity index (χ4v) is 4.07. The third-order valence-electron chi connectivity index (χ3n) is 5.43. The van der Waals surface area contributed by atoms with Crippen LogP contribution in [-0.2, 0) is 9.59 Å². The van der Waals surface area contributed by atoms with Gasteiger partial charge >= 0.3 is 0 Å². The van der Waals surface area contributed by atoms with Crippen LogP contribution in [0.4, 0.5) is 10.1 Å². The van der Waals surface area contributed by atoms with Crippen LogP contribution in [0.5, 0.6) is 5.75 Å². The lowest BCUT2D eigenvalue weighted by Gasteiger charge is -2.28. The van der Waals surface area contributed by atoms with Crippen LogP contribution in [0.25, 0.3) is 11.0 Å². The van der Waals surface area contributed by atoms with Crippen molar-refractivity contribution in [2.75, 3.05) is 4.90 Å². The van der Waals surface area contributed by atoms with Gasteiger partial charge in [0.1, 0.15) is 11.6 Å². The first-order valence-electron chi connectivity index (χ1n) is 9.38. The molecule has 2 N–H and O–H groups in total. The number of carbonyl (C=O) groups excluding carboxylic acids is 2. The summed E-state index contributed by atoms with van der Waals surface area (Å²) in [6.45, 7) is 0. The second kappa shape index (κ2) is 6.81. The first-order chi connectivity index (χ1) is 14.5. The van der Waals surface area contributed by atoms with Gasteiger partial charge in [-0.2, -0.15) is 0 Å². The Morgan fingerprint density at radius 3 is 2.53 bits per heavy atom. The second-order valence-corrected chi connectivity index (χ2v) is 7.21. The Morgan fingerprint density at radius 2 is 1.77 bits per heavy atom. The van der Waals surface area contributed by atoms with E-state index in [9.17, 15) is 19.1 Å². The Labute approximate surface area is 170 Å². The number of carbonyl (C=O) groups is 2. The summed E-state index contributed by atoms with van der Waals surface area (Å²) in [4.78, 5) is 34.8. The lowest BCUT2D eigenvalue weighted by molar-refractivity contribution is -0.134. The number of hydrogen-bond donors (Lipinski definition) is 2. The number of aromatic nitrogens is 2. The molecule has 1 amide bonds. The van der Waals surface area contributed by atoms with Crippen molar-refractivity contribution in [1.82, 2.24) is 9.97 Å². The van der Waals surface area contributed by atoms with Gasteiger partial charge in [0.05, 0.1) is 29.3 Å². The van der Waals surface area contributed by atoms with Crippen LogP contribution >= 0.6 is 0 Å². The smallest absolute Gasteiger partial charge is 0.295 e. The number of amides is 1. The summed E-state index contributed by atoms with van der Waals surface area (Å²) in [6, 6.07) is 16.6. The molecule has 0 saturated carbocycles. The minimum Gasteiger partial charge on any atom is -0.508 e. The number of imidazole rings is 1. The van der Waals surface area contributed by atoms with E-state index >= 15 is 0 Å². The average molecular weight is 401 g/mol. The number of nitrogens with zero attached hydrogens (tertiary/aromatic N) is 2. The summed E-state index contributed by atoms with van der Waals surface area (Å²) < 4.78 is 14.1. The molecule has 6 nitrogen and oxygen atoms in total. The SMILES string of the molecule is O=C1C(=O)N(c2ccc3nc[nH]c3c2)C(c2cccc(F)c2)C1c1ccc(O)cc1. The highest BCUT2D eigenvalue weighted by Gasteiger charge is 2.49. The molecular formula is C23H16FN3O3. The highest BCUT2D eigenvalue weighted by molar-refractivity contribution is 6.46. The van der Waals surface area contributed by atoms with Crippen molar-refractivity contribution in [2.24, 2.45) is 0 Å². The van der Waals surface area contributed by atoms with Gasteiger partial charge in [0.2, 0.25) is 5.78 Å². The van der Waals surface area contributed by atoms with Gasteiger partial charge in [-0.1, -0.05) is 24.3 Å². The third-order valence-corrected chi connectivity index (χ3v) is 5.43. The van der Waals surface area contributed by atoms with Crippen molar-refractivity contribution in [2.45, 2.75) is 12.0 Å². The van der Waals surface area contributed by atoms with Crippen LogP contribution in [0.1, 0.15) is 23.1 Å². The van der Waals surface area contributed by atoms with Crippen LogP contribution in [0, 0.1) is 5.82 Å². The maximum atomic E-state index is 14.1. The van der Waals surface area contributed by atoms with Crippen LogP contribution < -0.4 is 4.90 Å². The highest BCUT2D eigenvalue weighted by atomic mass is 19.1. The van der Waals surface area contributed by atoms with Crippen LogP contribution in [0.3, 0.4) is 0 Å². The molecule has 7 heteroatoms. The fraction of sp³-hybridized carbons (Fsp3) is 0.0870. The number of rotatable bonds is 3. The molecule has 0 radical (unpaired) electrons. The molecule has 30 heavy (non-hydrogen) atoms. The summed E-state index contributed by atoms with van der Waals surface area (Å²) in [7, 11) is 0. The van der Waals surface area contributed by atoms with E-state index < -0.39 is 29.5 Å². The van der Waals surface area contributed by atoms with Gasteiger partial charge in [-0.05, 0) is 53.6 Å². The van der Waals surface area contributed by atoms with E-state index in [1.54, 1.807) is 48.8 Å². The van der Waals surface area contributed by atoms with Gasteiger partial charge in [-0.15, -0.1) is 0 Å². The van der Waals surface area contributed by atoms with E-state index in [-0.39, 0.29) is 5.75 Å². The maximum Gasteiger partial charge on any atom is 0.295 e. The van der Waals surface area contributed by atoms with Gasteiger partial charge in [0.25, 0.3) is 5.91 Å². The highest BCUT2D eigenvalue weighted by Crippen LogP contribution is 2.45. The van der Waals surface area contributed by atoms with E-state index in [1.165, 1.54) is 29.2 Å². The minimum atomic E-state index is -0.836. The number of phenols is 1. The molecule has 1 aliphatic heterocycles. The standard InChI is InChI=1S/C23H16FN3O3/c24-15-3-1-2-14(10-15)21-20(13-4-7-17(28)8-5-13)22(29)23(30)27(21)16-6-9-18-19(11-16)26-12-25-18/h1-12,20-21,28H,(H,25,26). The molecule has 1 fully saturated rings. The van der Waals surface area contributed by atoms with E-state index in [1.807, 2.05) is 0 Å². The predicted octanol–water partition coefficient (Wildman–Crippen LogP) is 3.85. The Balaban J connectivity index is 1.70. The number of Topliss-reactive ketones (excluding diaryl/α,β-unsaturated/α-hetero) is 1. The number of aromatic hydroxyl groups is 1. The number of hydrogen-bond acceptors (Lipinski definition) is 4. The van der Waals surface area contributed by atoms with Crippen molar-refractivity contribution in [3.63, 3.8) is 0 Å². The fourth-order valence-electron chi connectivity index (χ4n) is 4.07. The zero-order chi connectivity index (χ0) is 20.8. The predicted molar refractivity (Wildman–Crippen MR) is 109 cm³/mol. The largest absolute Gasteiger partial charge is 0.508 e. The molecule has 2 heterocycles. The van der Waals surface area contributed by atoms with Crippen molar-refractivity contribution in [3.8, 4) is 5.75 Å². The number of H-pyrrole nitrogens is 1. The minimum absolute atomic E-state index is 0.0550. The van der Waals surface area contributed by atoms with Crippen molar-refractivity contribution in [1.29, 1.82) is 0 Å². The lowest BCUT2D eigenvalue weighted by Crippen LogP contribution is -2.29. The van der Waals surface area contributed by atoms with Crippen LogP contribution in [-0.4, -0.2) is 26.8 Å². The molecule has 3 aromatic carbocycles. The van der Waals surface area contributed by atoms with Crippen molar-refractivity contribution in [3.05, 3.63) is 90.0 Å². The van der Waals surface area contributed by atoms with Crippen molar-refractivity contribution >= 4 is 28.4 Å². The van der Waals surface area contributed by atoms with E-state index in [0.717, 1.165) is 11.0 Å². The van der Waals surface area contributed by atoms with Gasteiger partial charge in [-0.25, -0.2) is 9.37 Å². The third kappa shape index (κ3) is 2.83. The topological polar surface area (TPSA) is 86.3 Å². The first-order valence-corrected chi connectivity index (χ1v) is 9.38. The Kier molecular flexibility index (Phi) is 4.10. The summed E-state index contributed by atoms with van der Waals surface area (Å²) >= 11 is 0. The molecular weight excluding hydrogens is 385 g/mol. The number of nitrogens with one attached hydrogen (secondary N) is 1. The Bertz CT molecular complexity index is 1280. The second-order valence-electron chi connectivity index (χ2n) is 7.21. The molecule has 0 aliphatic carbocycles. The summed E-state index contributed by atoms with van der Waals surface area (Å²) in [5.74, 6) is -2.48. The molecule has 4 aromatic rings. The van der Waals surface area contributed by atoms with E-state index in [0.29, 0.717) is 16.8 Å². The monoisotopic (exact) mass is 401 g/mol. The van der Waals surface area contributed by atoms with Gasteiger partial charge in [0, 0.05) is 5.69 Å². The maximum absolute atomic E-state index is 14.1. The summed E-state index contributed by atoms with van der Waals surface area (Å²) in [6.07, 6.45) is 1.55. The molecule has 1 saturated heterocycles. The molecule has 1 aromatic heterocycles. The van der Waals surface area contributed by atoms with Gasteiger partial charge in [0.15, 0.2) is 0 Å². The van der Waals surface area contributed by atoms with Gasteiger partial charge < -0.3 is 10.1 Å². The normalized spacial score (nSPS) is 19.0. The number of anilines is 1. The Hall–Kier alpha value is -4.00. The van der Waals surface area contributed by atoms with Crippen molar-refractivity contribution < 1.29 is 19.1 Å². The van der Waals surface area contributed by atoms with Gasteiger partial charge in [-0.3, -0.25) is 14.5 Å².